The van der Waals surface area contributed by atoms with Crippen LogP contribution in [0.5, 0.6) is 0 Å². The Morgan fingerprint density at radius 1 is 1.32 bits per heavy atom. The summed E-state index contributed by atoms with van der Waals surface area (Å²) in [6.07, 6.45) is 0. The molecule has 0 fully saturated rings. The molecule has 1 aromatic rings. The van der Waals surface area contributed by atoms with E-state index in [0.29, 0.717) is 19.7 Å². The summed E-state index contributed by atoms with van der Waals surface area (Å²) in [7, 11) is 0. The lowest BCUT2D eigenvalue weighted by molar-refractivity contribution is -0.138. The summed E-state index contributed by atoms with van der Waals surface area (Å²) in [4.78, 5) is 21.6. The molecule has 4 N–H and O–H groups in total. The van der Waals surface area contributed by atoms with Gasteiger partial charge in [-0.15, -0.1) is 0 Å². The van der Waals surface area contributed by atoms with Crippen LogP contribution >= 0.6 is 0 Å². The summed E-state index contributed by atoms with van der Waals surface area (Å²) in [6, 6.07) is 9.02. The average molecular weight is 266 g/mol. The molecule has 0 bridgehead atoms. The number of benzene rings is 1. The van der Waals surface area contributed by atoms with Gasteiger partial charge in [0.1, 0.15) is 6.61 Å². The van der Waals surface area contributed by atoms with Gasteiger partial charge in [-0.1, -0.05) is 30.3 Å². The average Bonchev–Trinajstić information content (AvgIpc) is 2.38. The molecule has 1 rings (SSSR count). The molecule has 6 heteroatoms. The zero-order valence-corrected chi connectivity index (χ0v) is 10.5. The second-order valence-corrected chi connectivity index (χ2v) is 4.02. The summed E-state index contributed by atoms with van der Waals surface area (Å²) in [5, 5.41) is 12.2. The minimum absolute atomic E-state index is 0.122. The predicted molar refractivity (Wildman–Crippen MR) is 69.7 cm³/mol. The largest absolute Gasteiger partial charge is 0.481 e. The van der Waals surface area contributed by atoms with Crippen molar-refractivity contribution in [1.29, 1.82) is 0 Å². The van der Waals surface area contributed by atoms with Crippen LogP contribution in [0.1, 0.15) is 11.5 Å². The number of carbonyl (C=O) groups excluding carboxylic acids is 1. The molecule has 19 heavy (non-hydrogen) atoms. The van der Waals surface area contributed by atoms with E-state index in [2.05, 4.69) is 5.32 Å². The maximum Gasteiger partial charge on any atom is 0.312 e. The molecule has 0 saturated heterocycles. The Balaban J connectivity index is 2.32. The number of hydrogen-bond donors (Lipinski definition) is 3. The van der Waals surface area contributed by atoms with Gasteiger partial charge in [0.05, 0.1) is 12.5 Å². The molecule has 0 aliphatic rings. The van der Waals surface area contributed by atoms with Crippen molar-refractivity contribution < 1.29 is 19.4 Å². The Morgan fingerprint density at radius 2 is 2.00 bits per heavy atom. The van der Waals surface area contributed by atoms with E-state index in [1.54, 1.807) is 24.3 Å². The molecule has 0 radical (unpaired) electrons. The lowest BCUT2D eigenvalue weighted by Crippen LogP contribution is -2.30. The molecule has 0 saturated carbocycles. The summed E-state index contributed by atoms with van der Waals surface area (Å²) in [5.74, 6) is -2.00. The van der Waals surface area contributed by atoms with Crippen LogP contribution < -0.4 is 11.1 Å². The number of carboxylic acid groups (broad SMARTS) is 1. The number of nitrogens with one attached hydrogen (secondary N) is 1. The van der Waals surface area contributed by atoms with Crippen LogP contribution in [0, 0.1) is 0 Å². The molecule has 1 amide bonds. The van der Waals surface area contributed by atoms with Crippen molar-refractivity contribution >= 4 is 11.9 Å². The van der Waals surface area contributed by atoms with Gasteiger partial charge in [0.25, 0.3) is 0 Å². The van der Waals surface area contributed by atoms with Crippen LogP contribution in [-0.2, 0) is 14.3 Å². The van der Waals surface area contributed by atoms with Gasteiger partial charge in [0.2, 0.25) is 5.91 Å². The third-order valence-electron chi connectivity index (χ3n) is 2.52. The van der Waals surface area contributed by atoms with Gasteiger partial charge in [-0.2, -0.15) is 0 Å². The quantitative estimate of drug-likeness (QED) is 0.544. The first kappa shape index (κ1) is 15.1. The van der Waals surface area contributed by atoms with E-state index in [4.69, 9.17) is 15.6 Å². The Labute approximate surface area is 111 Å². The van der Waals surface area contributed by atoms with E-state index in [-0.39, 0.29) is 6.61 Å². The van der Waals surface area contributed by atoms with Gasteiger partial charge in [-0.25, -0.2) is 0 Å². The Hall–Kier alpha value is -1.92. The maximum atomic E-state index is 11.2. The van der Waals surface area contributed by atoms with Gasteiger partial charge in [0, 0.05) is 13.1 Å². The summed E-state index contributed by atoms with van der Waals surface area (Å²) >= 11 is 0. The fourth-order valence-electron chi connectivity index (χ4n) is 1.60. The van der Waals surface area contributed by atoms with Crippen molar-refractivity contribution in [2.24, 2.45) is 5.73 Å². The van der Waals surface area contributed by atoms with Crippen LogP contribution in [0.15, 0.2) is 30.3 Å². The molecule has 0 spiro atoms. The number of carbonyl (C=O) groups is 2. The molecule has 0 aromatic heterocycles. The second-order valence-electron chi connectivity index (χ2n) is 4.02. The van der Waals surface area contributed by atoms with E-state index in [9.17, 15) is 9.59 Å². The standard InChI is InChI=1S/C13H18N2O4/c14-12(16)9-19-7-6-15-8-11(13(17)18)10-4-2-1-3-5-10/h1-5,11,15H,6-9H2,(H2,14,16)(H,17,18). The van der Waals surface area contributed by atoms with E-state index >= 15 is 0 Å². The number of ether oxygens (including phenoxy) is 1. The highest BCUT2D eigenvalue weighted by Gasteiger charge is 2.18. The maximum absolute atomic E-state index is 11.2. The number of hydrogen-bond acceptors (Lipinski definition) is 4. The van der Waals surface area contributed by atoms with Crippen molar-refractivity contribution in [2.45, 2.75) is 5.92 Å². The Morgan fingerprint density at radius 3 is 2.58 bits per heavy atom. The highest BCUT2D eigenvalue weighted by atomic mass is 16.5. The number of carboxylic acids is 1. The summed E-state index contributed by atoms with van der Waals surface area (Å²) in [6.45, 7) is 0.954. The topological polar surface area (TPSA) is 102 Å². The first-order valence-corrected chi connectivity index (χ1v) is 5.95. The lowest BCUT2D eigenvalue weighted by atomic mass is 9.99. The zero-order valence-electron chi connectivity index (χ0n) is 10.5. The fraction of sp³-hybridized carbons (Fsp3) is 0.385. The van der Waals surface area contributed by atoms with Crippen molar-refractivity contribution in [3.63, 3.8) is 0 Å². The smallest absolute Gasteiger partial charge is 0.312 e. The molecule has 0 aliphatic heterocycles. The monoisotopic (exact) mass is 266 g/mol. The van der Waals surface area contributed by atoms with Gasteiger partial charge >= 0.3 is 5.97 Å². The molecular weight excluding hydrogens is 248 g/mol. The van der Waals surface area contributed by atoms with E-state index < -0.39 is 17.8 Å². The van der Waals surface area contributed by atoms with Gasteiger partial charge < -0.3 is 20.9 Å². The van der Waals surface area contributed by atoms with Crippen molar-refractivity contribution in [3.8, 4) is 0 Å². The van der Waals surface area contributed by atoms with Crippen LogP contribution in [0.25, 0.3) is 0 Å². The first-order chi connectivity index (χ1) is 9.11. The van der Waals surface area contributed by atoms with E-state index in [1.807, 2.05) is 6.07 Å². The number of aliphatic carboxylic acids is 1. The third-order valence-corrected chi connectivity index (χ3v) is 2.52. The van der Waals surface area contributed by atoms with Gasteiger partial charge in [-0.05, 0) is 5.56 Å². The number of primary amides is 1. The third kappa shape index (κ3) is 5.98. The minimum atomic E-state index is -0.878. The molecular formula is C13H18N2O4. The van der Waals surface area contributed by atoms with E-state index in [1.165, 1.54) is 0 Å². The zero-order chi connectivity index (χ0) is 14.1. The van der Waals surface area contributed by atoms with Crippen LogP contribution in [-0.4, -0.2) is 43.3 Å². The summed E-state index contributed by atoms with van der Waals surface area (Å²) < 4.78 is 4.96. The predicted octanol–water partition coefficient (Wildman–Crippen LogP) is -0.0537. The lowest BCUT2D eigenvalue weighted by Gasteiger charge is -2.13. The number of rotatable bonds is 9. The van der Waals surface area contributed by atoms with Crippen LogP contribution in [0.4, 0.5) is 0 Å². The highest BCUT2D eigenvalue weighted by molar-refractivity contribution is 5.76. The van der Waals surface area contributed by atoms with E-state index in [0.717, 1.165) is 5.56 Å². The molecule has 1 aromatic carbocycles. The normalized spacial score (nSPS) is 12.0. The van der Waals surface area contributed by atoms with Crippen LogP contribution in [0.3, 0.4) is 0 Å². The second kappa shape index (κ2) is 8.23. The fourth-order valence-corrected chi connectivity index (χ4v) is 1.60. The SMILES string of the molecule is NC(=O)COCCNCC(C(=O)O)c1ccccc1. The molecule has 104 valence electrons. The molecule has 0 heterocycles. The molecule has 1 unspecified atom stereocenters. The Kier molecular flexibility index (Phi) is 6.56. The molecule has 0 aliphatic carbocycles. The van der Waals surface area contributed by atoms with Crippen LogP contribution in [0.2, 0.25) is 0 Å². The number of amides is 1. The van der Waals surface area contributed by atoms with Crippen molar-refractivity contribution in [3.05, 3.63) is 35.9 Å². The van der Waals surface area contributed by atoms with Crippen molar-refractivity contribution in [2.75, 3.05) is 26.3 Å². The van der Waals surface area contributed by atoms with Gasteiger partial charge in [0.15, 0.2) is 0 Å². The minimum Gasteiger partial charge on any atom is -0.481 e. The Bertz CT molecular complexity index is 408. The molecule has 1 atom stereocenters. The number of nitrogens with two attached hydrogens (primary N) is 1. The van der Waals surface area contributed by atoms with Gasteiger partial charge in [-0.3, -0.25) is 9.59 Å². The molecule has 6 nitrogen and oxygen atoms in total. The summed E-state index contributed by atoms with van der Waals surface area (Å²) in [5.41, 5.74) is 5.66. The van der Waals surface area contributed by atoms with Crippen molar-refractivity contribution in [1.82, 2.24) is 5.32 Å². The highest BCUT2D eigenvalue weighted by Crippen LogP contribution is 2.14. The first-order valence-electron chi connectivity index (χ1n) is 5.95.